The van der Waals surface area contributed by atoms with Crippen molar-refractivity contribution in [3.8, 4) is 0 Å². The molecule has 5 heteroatoms. The van der Waals surface area contributed by atoms with E-state index in [-0.39, 0.29) is 17.9 Å². The van der Waals surface area contributed by atoms with E-state index in [9.17, 15) is 9.59 Å². The van der Waals surface area contributed by atoms with Gasteiger partial charge in [0.2, 0.25) is 5.91 Å². The minimum absolute atomic E-state index is 0.0279. The Balaban J connectivity index is 2.05. The van der Waals surface area contributed by atoms with Crippen molar-refractivity contribution in [2.75, 3.05) is 12.8 Å². The third-order valence-electron chi connectivity index (χ3n) is 3.54. The van der Waals surface area contributed by atoms with Gasteiger partial charge >= 0.3 is 0 Å². The van der Waals surface area contributed by atoms with Crippen molar-refractivity contribution in [1.29, 1.82) is 0 Å². The predicted octanol–water partition coefficient (Wildman–Crippen LogP) is 3.58. The number of rotatable bonds is 7. The van der Waals surface area contributed by atoms with Crippen molar-refractivity contribution < 1.29 is 9.59 Å². The van der Waals surface area contributed by atoms with Gasteiger partial charge in [-0.25, -0.2) is 0 Å². The fourth-order valence-electron chi connectivity index (χ4n) is 2.41. The molecule has 2 amide bonds. The first-order valence-corrected chi connectivity index (χ1v) is 9.26. The molecular weight excluding hydrogens is 332 g/mol. The first-order valence-electron chi connectivity index (χ1n) is 8.28. The molecule has 0 aliphatic carbocycles. The molecule has 0 saturated heterocycles. The van der Waals surface area contributed by atoms with Crippen LogP contribution in [0, 0.1) is 0 Å². The normalized spacial score (nSPS) is 10.6. The Labute approximate surface area is 153 Å². The van der Waals surface area contributed by atoms with Gasteiger partial charge in [0.05, 0.1) is 11.3 Å². The van der Waals surface area contributed by atoms with Crippen LogP contribution in [0.2, 0.25) is 0 Å². The highest BCUT2D eigenvalue weighted by Crippen LogP contribution is 2.24. The smallest absolute Gasteiger partial charge is 0.255 e. The van der Waals surface area contributed by atoms with E-state index in [1.807, 2.05) is 68.4 Å². The number of amides is 2. The minimum atomic E-state index is -0.0452. The topological polar surface area (TPSA) is 49.4 Å². The van der Waals surface area contributed by atoms with Gasteiger partial charge < -0.3 is 10.2 Å². The lowest BCUT2D eigenvalue weighted by molar-refractivity contribution is -0.119. The second-order valence-corrected chi connectivity index (χ2v) is 7.17. The van der Waals surface area contributed by atoms with Gasteiger partial charge in [-0.3, -0.25) is 9.59 Å². The average molecular weight is 356 g/mol. The van der Waals surface area contributed by atoms with E-state index in [2.05, 4.69) is 5.32 Å². The molecule has 0 radical (unpaired) electrons. The monoisotopic (exact) mass is 356 g/mol. The summed E-state index contributed by atoms with van der Waals surface area (Å²) in [5.41, 5.74) is 1.71. The van der Waals surface area contributed by atoms with Gasteiger partial charge in [-0.15, -0.1) is 11.8 Å². The number of carbonyl (C=O) groups is 2. The molecule has 1 N–H and O–H groups in total. The number of benzene rings is 2. The van der Waals surface area contributed by atoms with Crippen LogP contribution < -0.4 is 5.32 Å². The van der Waals surface area contributed by atoms with Gasteiger partial charge in [0.1, 0.15) is 0 Å². The molecule has 0 aliphatic rings. The Morgan fingerprint density at radius 1 is 1.04 bits per heavy atom. The van der Waals surface area contributed by atoms with Crippen LogP contribution >= 0.6 is 11.8 Å². The van der Waals surface area contributed by atoms with Crippen LogP contribution in [0.3, 0.4) is 0 Å². The molecule has 0 bridgehead atoms. The van der Waals surface area contributed by atoms with E-state index < -0.39 is 0 Å². The third kappa shape index (κ3) is 5.94. The van der Waals surface area contributed by atoms with Gasteiger partial charge in [-0.05, 0) is 31.5 Å². The van der Waals surface area contributed by atoms with Gasteiger partial charge in [-0.1, -0.05) is 42.5 Å². The Morgan fingerprint density at radius 3 is 2.36 bits per heavy atom. The van der Waals surface area contributed by atoms with Gasteiger partial charge in [0.15, 0.2) is 0 Å². The van der Waals surface area contributed by atoms with Gasteiger partial charge in [-0.2, -0.15) is 0 Å². The fourth-order valence-corrected chi connectivity index (χ4v) is 3.27. The Morgan fingerprint density at radius 2 is 1.68 bits per heavy atom. The van der Waals surface area contributed by atoms with Gasteiger partial charge in [0, 0.05) is 24.5 Å². The zero-order valence-electron chi connectivity index (χ0n) is 14.9. The van der Waals surface area contributed by atoms with Crippen molar-refractivity contribution in [2.45, 2.75) is 31.3 Å². The maximum absolute atomic E-state index is 12.8. The van der Waals surface area contributed by atoms with Crippen LogP contribution in [-0.2, 0) is 11.3 Å². The fraction of sp³-hybridized carbons (Fsp3) is 0.300. The predicted molar refractivity (Wildman–Crippen MR) is 103 cm³/mol. The zero-order chi connectivity index (χ0) is 18.2. The van der Waals surface area contributed by atoms with Crippen LogP contribution in [0.5, 0.6) is 0 Å². The highest BCUT2D eigenvalue weighted by molar-refractivity contribution is 8.00. The number of thioether (sulfide) groups is 1. The number of hydrogen-bond donors (Lipinski definition) is 1. The molecule has 0 heterocycles. The lowest BCUT2D eigenvalue weighted by Crippen LogP contribution is -2.31. The summed E-state index contributed by atoms with van der Waals surface area (Å²) in [6.45, 7) is 4.41. The summed E-state index contributed by atoms with van der Waals surface area (Å²) in [5, 5.41) is 2.86. The molecule has 2 rings (SSSR count). The molecule has 0 atom stereocenters. The van der Waals surface area contributed by atoms with Crippen molar-refractivity contribution in [3.63, 3.8) is 0 Å². The van der Waals surface area contributed by atoms with Gasteiger partial charge in [0.25, 0.3) is 5.91 Å². The van der Waals surface area contributed by atoms with Crippen molar-refractivity contribution in [1.82, 2.24) is 10.2 Å². The SMILES string of the molecule is CC(C)NC(=O)CSc1ccccc1C(=O)N(C)Cc1ccccc1. The summed E-state index contributed by atoms with van der Waals surface area (Å²) in [7, 11) is 1.79. The molecule has 4 nitrogen and oxygen atoms in total. The second-order valence-electron chi connectivity index (χ2n) is 6.15. The lowest BCUT2D eigenvalue weighted by atomic mass is 10.1. The van der Waals surface area contributed by atoms with Crippen LogP contribution in [0.15, 0.2) is 59.5 Å². The maximum Gasteiger partial charge on any atom is 0.255 e. The minimum Gasteiger partial charge on any atom is -0.353 e. The zero-order valence-corrected chi connectivity index (χ0v) is 15.7. The molecule has 0 saturated carbocycles. The molecule has 0 unspecified atom stereocenters. The highest BCUT2D eigenvalue weighted by Gasteiger charge is 2.17. The largest absolute Gasteiger partial charge is 0.353 e. The maximum atomic E-state index is 12.8. The Kier molecular flexibility index (Phi) is 7.07. The summed E-state index contributed by atoms with van der Waals surface area (Å²) in [4.78, 5) is 27.2. The highest BCUT2D eigenvalue weighted by atomic mass is 32.2. The number of nitrogens with one attached hydrogen (secondary N) is 1. The molecule has 0 spiro atoms. The summed E-state index contributed by atoms with van der Waals surface area (Å²) in [5.74, 6) is 0.223. The summed E-state index contributed by atoms with van der Waals surface area (Å²) in [6, 6.07) is 17.4. The molecule has 2 aromatic carbocycles. The second kappa shape index (κ2) is 9.28. The number of hydrogen-bond acceptors (Lipinski definition) is 3. The van der Waals surface area contributed by atoms with Crippen molar-refractivity contribution in [2.24, 2.45) is 0 Å². The average Bonchev–Trinajstić information content (AvgIpc) is 2.60. The Hall–Kier alpha value is -2.27. The Bertz CT molecular complexity index is 717. The van der Waals surface area contributed by atoms with E-state index in [0.29, 0.717) is 17.9 Å². The molecule has 25 heavy (non-hydrogen) atoms. The van der Waals surface area contributed by atoms with E-state index in [4.69, 9.17) is 0 Å². The van der Waals surface area contributed by atoms with Crippen molar-refractivity contribution >= 4 is 23.6 Å². The molecule has 132 valence electrons. The molecule has 2 aromatic rings. The summed E-state index contributed by atoms with van der Waals surface area (Å²) < 4.78 is 0. The lowest BCUT2D eigenvalue weighted by Gasteiger charge is -2.19. The molecule has 0 fully saturated rings. The summed E-state index contributed by atoms with van der Waals surface area (Å²) >= 11 is 1.39. The quantitative estimate of drug-likeness (QED) is 0.772. The molecular formula is C20H24N2O2S. The van der Waals surface area contributed by atoms with E-state index in [1.54, 1.807) is 11.9 Å². The number of nitrogens with zero attached hydrogens (tertiary/aromatic N) is 1. The van der Waals surface area contributed by atoms with Crippen molar-refractivity contribution in [3.05, 3.63) is 65.7 Å². The van der Waals surface area contributed by atoms with E-state index in [1.165, 1.54) is 11.8 Å². The van der Waals surface area contributed by atoms with Crippen LogP contribution in [0.1, 0.15) is 29.8 Å². The number of carbonyl (C=O) groups excluding carboxylic acids is 2. The van der Waals surface area contributed by atoms with Crippen LogP contribution in [0.4, 0.5) is 0 Å². The standard InChI is InChI=1S/C20H24N2O2S/c1-15(2)21-19(23)14-25-18-12-8-7-11-17(18)20(24)22(3)13-16-9-5-4-6-10-16/h4-12,15H,13-14H2,1-3H3,(H,21,23). The van der Waals surface area contributed by atoms with E-state index >= 15 is 0 Å². The molecule has 0 aliphatic heterocycles. The van der Waals surface area contributed by atoms with Crippen LogP contribution in [-0.4, -0.2) is 35.6 Å². The van der Waals surface area contributed by atoms with Crippen LogP contribution in [0.25, 0.3) is 0 Å². The summed E-state index contributed by atoms with van der Waals surface area (Å²) in [6.07, 6.45) is 0. The third-order valence-corrected chi connectivity index (χ3v) is 4.61. The first-order chi connectivity index (χ1) is 12.0. The first kappa shape index (κ1) is 19.1. The molecule has 0 aromatic heterocycles. The van der Waals surface area contributed by atoms with E-state index in [0.717, 1.165) is 10.5 Å².